The van der Waals surface area contributed by atoms with Gasteiger partial charge in [-0.05, 0) is 72.3 Å². The zero-order chi connectivity index (χ0) is 29.3. The molecule has 0 aliphatic heterocycles. The molecular weight excluding hydrogens is 524 g/mol. The summed E-state index contributed by atoms with van der Waals surface area (Å²) in [5.41, 5.74) is 6.54. The Balaban J connectivity index is 1.10. The summed E-state index contributed by atoms with van der Waals surface area (Å²) < 4.78 is 3.93. The molecule has 0 unspecified atom stereocenters. The van der Waals surface area contributed by atoms with E-state index in [4.69, 9.17) is 0 Å². The molecule has 0 fully saturated rings. The van der Waals surface area contributed by atoms with Gasteiger partial charge in [0.2, 0.25) is 5.91 Å². The monoisotopic (exact) mass is 556 g/mol. The number of aryl methyl sites for hydroxylation is 2. The van der Waals surface area contributed by atoms with Crippen LogP contribution in [0.4, 0.5) is 34.1 Å². The van der Waals surface area contributed by atoms with E-state index in [0.717, 1.165) is 28.3 Å². The van der Waals surface area contributed by atoms with E-state index < -0.39 is 0 Å². The predicted octanol–water partition coefficient (Wildman–Crippen LogP) is 5.73. The van der Waals surface area contributed by atoms with E-state index in [0.29, 0.717) is 16.9 Å². The van der Waals surface area contributed by atoms with Crippen LogP contribution >= 0.6 is 0 Å². The molecule has 0 aliphatic carbocycles. The molecule has 2 heterocycles. The minimum Gasteiger partial charge on any atom is -0.355 e. The van der Waals surface area contributed by atoms with Crippen molar-refractivity contribution in [1.29, 1.82) is 0 Å². The maximum atomic E-state index is 12.7. The molecule has 208 valence electrons. The molecule has 4 N–H and O–H groups in total. The smallest absolute Gasteiger partial charge is 0.255 e. The van der Waals surface area contributed by atoms with Gasteiger partial charge in [-0.3, -0.25) is 9.59 Å². The summed E-state index contributed by atoms with van der Waals surface area (Å²) in [6, 6.07) is 30.1. The zero-order valence-electron chi connectivity index (χ0n) is 23.4. The van der Waals surface area contributed by atoms with Gasteiger partial charge in [-0.2, -0.15) is 0 Å². The second-order valence-corrected chi connectivity index (χ2v) is 9.81. The molecule has 5 rings (SSSR count). The van der Waals surface area contributed by atoms with Crippen molar-refractivity contribution >= 4 is 52.0 Å². The molecule has 0 aliphatic rings. The Morgan fingerprint density at radius 1 is 0.524 bits per heavy atom. The summed E-state index contributed by atoms with van der Waals surface area (Å²) in [6.45, 7) is 0. The van der Waals surface area contributed by atoms with Gasteiger partial charge in [-0.15, -0.1) is 0 Å². The van der Waals surface area contributed by atoms with Crippen LogP contribution in [-0.4, -0.2) is 11.8 Å². The van der Waals surface area contributed by atoms with E-state index in [1.54, 1.807) is 30.3 Å². The third-order valence-corrected chi connectivity index (χ3v) is 6.43. The lowest BCUT2D eigenvalue weighted by Crippen LogP contribution is -2.25. The molecule has 0 saturated heterocycles. The highest BCUT2D eigenvalue weighted by atomic mass is 16.2. The van der Waals surface area contributed by atoms with Crippen LogP contribution in [0.3, 0.4) is 0 Å². The molecule has 0 atom stereocenters. The van der Waals surface area contributed by atoms with Crippen molar-refractivity contribution in [2.75, 3.05) is 21.3 Å². The van der Waals surface area contributed by atoms with E-state index in [2.05, 4.69) is 21.3 Å². The van der Waals surface area contributed by atoms with Crippen LogP contribution in [0.25, 0.3) is 6.08 Å². The van der Waals surface area contributed by atoms with E-state index in [9.17, 15) is 9.59 Å². The van der Waals surface area contributed by atoms with Gasteiger partial charge >= 0.3 is 0 Å². The first-order valence-corrected chi connectivity index (χ1v) is 13.4. The number of hydrogen-bond donors (Lipinski definition) is 4. The minimum absolute atomic E-state index is 0.209. The highest BCUT2D eigenvalue weighted by Gasteiger charge is 2.07. The van der Waals surface area contributed by atoms with Gasteiger partial charge in [-0.25, -0.2) is 9.13 Å². The fraction of sp³-hybridized carbons (Fsp3) is 0.0588. The third kappa shape index (κ3) is 7.89. The quantitative estimate of drug-likeness (QED) is 0.138. The van der Waals surface area contributed by atoms with Gasteiger partial charge in [0.1, 0.15) is 14.1 Å². The van der Waals surface area contributed by atoms with Crippen molar-refractivity contribution in [1.82, 2.24) is 0 Å². The number of rotatable bonds is 9. The van der Waals surface area contributed by atoms with E-state index in [1.807, 2.05) is 121 Å². The van der Waals surface area contributed by atoms with Crippen molar-refractivity contribution in [3.63, 3.8) is 0 Å². The van der Waals surface area contributed by atoms with E-state index in [1.165, 1.54) is 6.08 Å². The minimum atomic E-state index is -0.243. The SMILES string of the molecule is C[n+]1ccc(Nc2ccc(NC(=O)/C=C/c3ccc(C(=O)Nc4ccc(Nc5cc[n+](C)cc5)cc4)cc3)cc2)cc1. The Labute approximate surface area is 245 Å². The molecule has 0 radical (unpaired) electrons. The Morgan fingerprint density at radius 2 is 0.929 bits per heavy atom. The van der Waals surface area contributed by atoms with Crippen LogP contribution in [0.1, 0.15) is 15.9 Å². The van der Waals surface area contributed by atoms with Gasteiger partial charge in [0.25, 0.3) is 5.91 Å². The second kappa shape index (κ2) is 13.1. The summed E-state index contributed by atoms with van der Waals surface area (Å²) in [7, 11) is 3.94. The lowest BCUT2D eigenvalue weighted by molar-refractivity contribution is -0.671. The zero-order valence-corrected chi connectivity index (χ0v) is 23.4. The van der Waals surface area contributed by atoms with Crippen molar-refractivity contribution < 1.29 is 18.7 Å². The number of benzene rings is 3. The predicted molar refractivity (Wildman–Crippen MR) is 167 cm³/mol. The fourth-order valence-corrected chi connectivity index (χ4v) is 4.08. The number of nitrogens with one attached hydrogen (secondary N) is 4. The number of anilines is 6. The number of hydrogen-bond acceptors (Lipinski definition) is 4. The number of aromatic nitrogens is 2. The number of carbonyl (C=O) groups is 2. The number of pyridine rings is 2. The number of nitrogens with zero attached hydrogens (tertiary/aromatic N) is 2. The summed E-state index contributed by atoms with van der Waals surface area (Å²) in [6.07, 6.45) is 11.1. The average Bonchev–Trinajstić information content (AvgIpc) is 3.00. The Morgan fingerprint density at radius 3 is 1.40 bits per heavy atom. The summed E-state index contributed by atoms with van der Waals surface area (Å²) in [5.74, 6) is -0.453. The fourth-order valence-electron chi connectivity index (χ4n) is 4.08. The summed E-state index contributed by atoms with van der Waals surface area (Å²) >= 11 is 0. The molecule has 42 heavy (non-hydrogen) atoms. The third-order valence-electron chi connectivity index (χ3n) is 6.43. The summed E-state index contributed by atoms with van der Waals surface area (Å²) in [5, 5.41) is 12.4. The highest BCUT2D eigenvalue weighted by Crippen LogP contribution is 2.20. The lowest BCUT2D eigenvalue weighted by Gasteiger charge is -2.09. The van der Waals surface area contributed by atoms with Gasteiger partial charge in [-0.1, -0.05) is 12.1 Å². The van der Waals surface area contributed by atoms with Crippen LogP contribution in [-0.2, 0) is 18.9 Å². The Kier molecular flexibility index (Phi) is 8.64. The number of carbonyl (C=O) groups excluding carboxylic acids is 2. The van der Waals surface area contributed by atoms with Crippen LogP contribution in [0, 0.1) is 0 Å². The normalized spacial score (nSPS) is 10.7. The lowest BCUT2D eigenvalue weighted by atomic mass is 10.1. The van der Waals surface area contributed by atoms with Crippen LogP contribution in [0.2, 0.25) is 0 Å². The van der Waals surface area contributed by atoms with E-state index >= 15 is 0 Å². The van der Waals surface area contributed by atoms with Gasteiger partial charge in [0.15, 0.2) is 24.8 Å². The first-order chi connectivity index (χ1) is 20.4. The van der Waals surface area contributed by atoms with Crippen molar-refractivity contribution in [3.8, 4) is 0 Å². The van der Waals surface area contributed by atoms with Crippen molar-refractivity contribution in [3.05, 3.63) is 139 Å². The molecule has 0 saturated carbocycles. The van der Waals surface area contributed by atoms with E-state index in [-0.39, 0.29) is 11.8 Å². The molecule has 2 aromatic heterocycles. The highest BCUT2D eigenvalue weighted by molar-refractivity contribution is 6.05. The van der Waals surface area contributed by atoms with Gasteiger partial charge in [0, 0.05) is 58.7 Å². The van der Waals surface area contributed by atoms with Crippen molar-refractivity contribution in [2.45, 2.75) is 0 Å². The van der Waals surface area contributed by atoms with Crippen LogP contribution < -0.4 is 30.4 Å². The molecule has 0 bridgehead atoms. The molecule has 3 aromatic carbocycles. The average molecular weight is 557 g/mol. The topological polar surface area (TPSA) is 90.0 Å². The molecule has 8 nitrogen and oxygen atoms in total. The molecular formula is C34H32N6O2+2. The maximum Gasteiger partial charge on any atom is 0.255 e. The standard InChI is InChI=1S/C34H30N6O2/c1-39-21-17-31(18-22-39)35-27-8-12-29(13-9-27)37-33(41)16-5-25-3-6-26(7-4-25)34(42)38-30-14-10-28(11-15-30)36-32-19-23-40(2)24-20-32/h3-24H,1-2H3,(H2,37,38,41,42)/p+2/b16-5+. The van der Waals surface area contributed by atoms with Gasteiger partial charge < -0.3 is 21.3 Å². The molecule has 8 heteroatoms. The molecule has 0 spiro atoms. The van der Waals surface area contributed by atoms with Gasteiger partial charge in [0.05, 0.1) is 11.4 Å². The van der Waals surface area contributed by atoms with Crippen molar-refractivity contribution in [2.24, 2.45) is 14.1 Å². The first kappa shape index (κ1) is 27.8. The second-order valence-electron chi connectivity index (χ2n) is 9.81. The first-order valence-electron chi connectivity index (χ1n) is 13.4. The Hall–Kier alpha value is -5.76. The summed E-state index contributed by atoms with van der Waals surface area (Å²) in [4.78, 5) is 25.2. The molecule has 5 aromatic rings. The molecule has 2 amide bonds. The maximum absolute atomic E-state index is 12.7. The van der Waals surface area contributed by atoms with Crippen LogP contribution in [0.15, 0.2) is 128 Å². The van der Waals surface area contributed by atoms with Crippen LogP contribution in [0.5, 0.6) is 0 Å². The Bertz CT molecular complexity index is 1680. The largest absolute Gasteiger partial charge is 0.355 e. The number of amides is 2.